The molecular weight excluding hydrogens is 628 g/mol. The van der Waals surface area contributed by atoms with Crippen LogP contribution in [0.1, 0.15) is 91.4 Å². The number of carbonyl (C=O) groups excluding carboxylic acids is 8. The highest BCUT2D eigenvalue weighted by Crippen LogP contribution is 2.08. The maximum atomic E-state index is 12.7. The number of rotatable bonds is 30. The molecule has 0 saturated carbocycles. The van der Waals surface area contributed by atoms with Crippen molar-refractivity contribution in [1.29, 1.82) is 0 Å². The van der Waals surface area contributed by atoms with E-state index in [1.54, 1.807) is 13.8 Å². The fourth-order valence-corrected chi connectivity index (χ4v) is 4.65. The average Bonchev–Trinajstić information content (AvgIpc) is 3.06. The van der Waals surface area contributed by atoms with Gasteiger partial charge in [-0.25, -0.2) is 0 Å². The Hall–Kier alpha value is -4.12. The second-order valence-electron chi connectivity index (χ2n) is 11.5. The van der Waals surface area contributed by atoms with Gasteiger partial charge < -0.3 is 47.1 Å². The van der Waals surface area contributed by atoms with Crippen LogP contribution in [0.4, 0.5) is 0 Å². The van der Waals surface area contributed by atoms with Gasteiger partial charge in [-0.15, -0.1) is 0 Å². The summed E-state index contributed by atoms with van der Waals surface area (Å²) in [5, 5.41) is 26.6. The molecule has 7 amide bonds. The lowest BCUT2D eigenvalue weighted by molar-refractivity contribution is -0.132. The van der Waals surface area contributed by atoms with Crippen LogP contribution in [0.3, 0.4) is 0 Å². The molecule has 17 nitrogen and oxygen atoms in total. The Morgan fingerprint density at radius 3 is 2.12 bits per heavy atom. The Labute approximate surface area is 282 Å². The second kappa shape index (κ2) is 26.9. The van der Waals surface area contributed by atoms with E-state index in [1.807, 2.05) is 6.92 Å². The monoisotopic (exact) mass is 684 g/mol. The van der Waals surface area contributed by atoms with Gasteiger partial charge in [0.15, 0.2) is 0 Å². The molecule has 0 radical (unpaired) electrons. The summed E-state index contributed by atoms with van der Waals surface area (Å²) in [7, 11) is 0. The summed E-state index contributed by atoms with van der Waals surface area (Å²) in [6.07, 6.45) is 5.56. The third kappa shape index (κ3) is 20.2. The number of unbranched alkanes of at least 4 members (excludes halogenated alkanes) is 3. The van der Waals surface area contributed by atoms with Crippen molar-refractivity contribution in [2.45, 2.75) is 122 Å². The third-order valence-corrected chi connectivity index (χ3v) is 7.59. The first-order valence-electron chi connectivity index (χ1n) is 16.6. The minimum atomic E-state index is -1.15. The third-order valence-electron chi connectivity index (χ3n) is 7.59. The predicted molar refractivity (Wildman–Crippen MR) is 177 cm³/mol. The van der Waals surface area contributed by atoms with Crippen LogP contribution >= 0.6 is 0 Å². The summed E-state index contributed by atoms with van der Waals surface area (Å²) < 4.78 is 0. The molecule has 0 saturated heterocycles. The van der Waals surface area contributed by atoms with E-state index in [1.165, 1.54) is 4.90 Å². The van der Waals surface area contributed by atoms with E-state index in [4.69, 9.17) is 5.73 Å². The Bertz CT molecular complexity index is 1020. The first-order valence-corrected chi connectivity index (χ1v) is 16.6. The Balaban J connectivity index is 4.96. The molecule has 274 valence electrons. The molecule has 0 rings (SSSR count). The lowest BCUT2D eigenvalue weighted by Gasteiger charge is -2.28. The first-order chi connectivity index (χ1) is 22.9. The number of hydrogen-bond donors (Lipinski definition) is 8. The van der Waals surface area contributed by atoms with Crippen molar-refractivity contribution < 1.29 is 43.5 Å². The molecular formula is C31H56N8O9. The molecule has 9 N–H and O–H groups in total. The standard InChI is InChI=1S/C31H56N8O9/c1-4-6-7-12-25(38-27(44)18-35-30(47)23(5-2)36-26(43)13-10-17-40)31(48)34-16-14-22(3)39(21-42)19-28(45)37-24(29(32)46)11-8-9-15-33-20-41/h17,20-25,31,34,48H,4-16,18-19H2,1-3H3,(H2,32,46)(H,33,41)(H,35,47)(H,36,43)(H,37,45)(H,38,44)/t22?,23-,24-,25-,31?/m1/s1. The van der Waals surface area contributed by atoms with Crippen molar-refractivity contribution >= 4 is 48.6 Å². The van der Waals surface area contributed by atoms with Crippen LogP contribution in [0.2, 0.25) is 0 Å². The normalized spacial score (nSPS) is 13.8. The van der Waals surface area contributed by atoms with Gasteiger partial charge in [0, 0.05) is 25.4 Å². The van der Waals surface area contributed by atoms with E-state index < -0.39 is 59.9 Å². The van der Waals surface area contributed by atoms with Crippen LogP contribution in [0.15, 0.2) is 0 Å². The predicted octanol–water partition coefficient (Wildman–Crippen LogP) is -1.93. The molecule has 5 atom stereocenters. The summed E-state index contributed by atoms with van der Waals surface area (Å²) in [5.74, 6) is -2.81. The summed E-state index contributed by atoms with van der Waals surface area (Å²) in [5.41, 5.74) is 5.40. The van der Waals surface area contributed by atoms with Crippen LogP contribution in [0, 0.1) is 0 Å². The zero-order chi connectivity index (χ0) is 36.3. The minimum absolute atomic E-state index is 0.0387. The highest BCUT2D eigenvalue weighted by Gasteiger charge is 2.24. The first kappa shape index (κ1) is 43.9. The fraction of sp³-hybridized carbons (Fsp3) is 0.742. The molecule has 0 aliphatic carbocycles. The quantitative estimate of drug-likeness (QED) is 0.0236. The smallest absolute Gasteiger partial charge is 0.243 e. The SMILES string of the molecule is CCCCC[C@@H](NC(=O)CNC(=O)[C@@H](CC)NC(=O)CCC=O)C(O)NCCC(C)N(C=O)CC(=O)N[C@H](CCCCNC=O)C(N)=O. The van der Waals surface area contributed by atoms with Gasteiger partial charge in [0.2, 0.25) is 42.4 Å². The van der Waals surface area contributed by atoms with Crippen LogP contribution in [-0.2, 0) is 38.4 Å². The highest BCUT2D eigenvalue weighted by atomic mass is 16.3. The van der Waals surface area contributed by atoms with Gasteiger partial charge >= 0.3 is 0 Å². The van der Waals surface area contributed by atoms with Crippen molar-refractivity contribution in [1.82, 2.24) is 36.8 Å². The summed E-state index contributed by atoms with van der Waals surface area (Å²) in [4.78, 5) is 95.2. The molecule has 0 aromatic carbocycles. The van der Waals surface area contributed by atoms with E-state index in [2.05, 4.69) is 31.9 Å². The molecule has 0 spiro atoms. The average molecular weight is 685 g/mol. The van der Waals surface area contributed by atoms with Crippen molar-refractivity contribution in [3.05, 3.63) is 0 Å². The van der Waals surface area contributed by atoms with E-state index in [0.29, 0.717) is 51.3 Å². The topological polar surface area (TPSA) is 258 Å². The lowest BCUT2D eigenvalue weighted by Crippen LogP contribution is -2.54. The fourth-order valence-electron chi connectivity index (χ4n) is 4.65. The van der Waals surface area contributed by atoms with E-state index in [0.717, 1.165) is 19.3 Å². The number of primary amides is 1. The van der Waals surface area contributed by atoms with Crippen molar-refractivity contribution in [2.24, 2.45) is 5.73 Å². The molecule has 0 aliphatic rings. The number of nitrogens with two attached hydrogens (primary N) is 1. The Morgan fingerprint density at radius 1 is 0.833 bits per heavy atom. The van der Waals surface area contributed by atoms with Crippen LogP contribution in [0.5, 0.6) is 0 Å². The molecule has 0 bridgehead atoms. The molecule has 0 fully saturated rings. The number of nitrogens with zero attached hydrogens (tertiary/aromatic N) is 1. The van der Waals surface area contributed by atoms with Gasteiger partial charge in [-0.3, -0.25) is 38.9 Å². The summed E-state index contributed by atoms with van der Waals surface area (Å²) in [6, 6.07) is -2.90. The summed E-state index contributed by atoms with van der Waals surface area (Å²) >= 11 is 0. The number of aliphatic hydroxyl groups excluding tert-OH is 1. The maximum Gasteiger partial charge on any atom is 0.243 e. The number of aliphatic hydroxyl groups is 1. The molecule has 0 aromatic rings. The van der Waals surface area contributed by atoms with Gasteiger partial charge in [0.05, 0.1) is 19.1 Å². The van der Waals surface area contributed by atoms with Gasteiger partial charge in [-0.05, 0) is 52.0 Å². The van der Waals surface area contributed by atoms with Crippen LogP contribution in [-0.4, -0.2) is 115 Å². The zero-order valence-corrected chi connectivity index (χ0v) is 28.5. The molecule has 0 aromatic heterocycles. The highest BCUT2D eigenvalue weighted by molar-refractivity contribution is 5.91. The Kier molecular flexibility index (Phi) is 24.6. The van der Waals surface area contributed by atoms with Crippen molar-refractivity contribution in [3.63, 3.8) is 0 Å². The lowest BCUT2D eigenvalue weighted by atomic mass is 10.1. The van der Waals surface area contributed by atoms with Crippen molar-refractivity contribution in [3.8, 4) is 0 Å². The summed E-state index contributed by atoms with van der Waals surface area (Å²) in [6.45, 7) is 5.40. The molecule has 0 heterocycles. The number of amides is 7. The number of hydrogen-bond acceptors (Lipinski definition) is 10. The van der Waals surface area contributed by atoms with Gasteiger partial charge in [0.25, 0.3) is 0 Å². The number of aldehydes is 1. The van der Waals surface area contributed by atoms with E-state index in [9.17, 15) is 43.5 Å². The largest absolute Gasteiger partial charge is 0.376 e. The van der Waals surface area contributed by atoms with Gasteiger partial charge in [-0.2, -0.15) is 0 Å². The molecule has 48 heavy (non-hydrogen) atoms. The molecule has 17 heteroatoms. The second-order valence-corrected chi connectivity index (χ2v) is 11.5. The molecule has 0 aliphatic heterocycles. The van der Waals surface area contributed by atoms with Crippen LogP contribution < -0.4 is 37.6 Å². The number of carbonyl (C=O) groups is 8. The number of nitrogens with one attached hydrogen (secondary N) is 6. The van der Waals surface area contributed by atoms with Crippen molar-refractivity contribution in [2.75, 3.05) is 26.2 Å². The minimum Gasteiger partial charge on any atom is -0.376 e. The molecule has 2 unspecified atom stereocenters. The maximum absolute atomic E-state index is 12.7. The van der Waals surface area contributed by atoms with Crippen LogP contribution in [0.25, 0.3) is 0 Å². The Morgan fingerprint density at radius 2 is 1.52 bits per heavy atom. The van der Waals surface area contributed by atoms with E-state index in [-0.39, 0.29) is 45.3 Å². The van der Waals surface area contributed by atoms with Gasteiger partial charge in [0.1, 0.15) is 24.6 Å². The zero-order valence-electron chi connectivity index (χ0n) is 28.5. The van der Waals surface area contributed by atoms with Gasteiger partial charge in [-0.1, -0.05) is 33.1 Å². The van der Waals surface area contributed by atoms with E-state index >= 15 is 0 Å².